The standard InChI is InChI=1S/C25H30F6S/c1-15-13-17(9-11-19(15)21(3,4)5)23(24(26,27)28,25(29,30)31)18-10-12-20(16(2)14-18)32-22(6,7)8/h9-14H,1-8H3. The van der Waals surface area contributed by atoms with Gasteiger partial charge in [0, 0.05) is 9.64 Å². The molecule has 0 unspecified atom stereocenters. The third-order valence-corrected chi connectivity index (χ3v) is 6.63. The van der Waals surface area contributed by atoms with Gasteiger partial charge in [-0.15, -0.1) is 11.8 Å². The van der Waals surface area contributed by atoms with Crippen molar-refractivity contribution >= 4 is 11.8 Å². The smallest absolute Gasteiger partial charge is 0.169 e. The van der Waals surface area contributed by atoms with Gasteiger partial charge >= 0.3 is 12.4 Å². The molecule has 0 aliphatic carbocycles. The summed E-state index contributed by atoms with van der Waals surface area (Å²) in [7, 11) is 0. The van der Waals surface area contributed by atoms with Crippen LogP contribution in [0.25, 0.3) is 0 Å². The Morgan fingerprint density at radius 2 is 1.06 bits per heavy atom. The summed E-state index contributed by atoms with van der Waals surface area (Å²) >= 11 is 1.40. The summed E-state index contributed by atoms with van der Waals surface area (Å²) in [5.41, 5.74) is -4.71. The van der Waals surface area contributed by atoms with Crippen LogP contribution >= 0.6 is 11.8 Å². The zero-order chi connectivity index (χ0) is 24.9. The summed E-state index contributed by atoms with van der Waals surface area (Å²) < 4.78 is 86.7. The minimum atomic E-state index is -5.59. The van der Waals surface area contributed by atoms with Gasteiger partial charge < -0.3 is 0 Å². The molecule has 2 aromatic rings. The van der Waals surface area contributed by atoms with Crippen molar-refractivity contribution < 1.29 is 26.3 Å². The van der Waals surface area contributed by atoms with Crippen molar-refractivity contribution in [1.29, 1.82) is 0 Å². The number of aryl methyl sites for hydroxylation is 2. The van der Waals surface area contributed by atoms with Crippen LogP contribution in [0.1, 0.15) is 69.4 Å². The highest BCUT2D eigenvalue weighted by molar-refractivity contribution is 8.00. The molecule has 0 nitrogen and oxygen atoms in total. The molecule has 0 aliphatic rings. The molecule has 0 atom stereocenters. The molecule has 0 saturated heterocycles. The molecule has 0 N–H and O–H groups in total. The molecular weight excluding hydrogens is 446 g/mol. The van der Waals surface area contributed by atoms with E-state index in [2.05, 4.69) is 0 Å². The Labute approximate surface area is 190 Å². The lowest BCUT2D eigenvalue weighted by Gasteiger charge is -2.39. The Balaban J connectivity index is 2.87. The topological polar surface area (TPSA) is 0 Å². The predicted octanol–water partition coefficient (Wildman–Crippen LogP) is 8.90. The molecule has 0 aromatic heterocycles. The van der Waals surface area contributed by atoms with E-state index >= 15 is 0 Å². The highest BCUT2D eigenvalue weighted by Gasteiger charge is 2.72. The lowest BCUT2D eigenvalue weighted by atomic mass is 9.71. The first-order valence-electron chi connectivity index (χ1n) is 10.3. The van der Waals surface area contributed by atoms with Gasteiger partial charge in [0.2, 0.25) is 5.41 Å². The number of benzene rings is 2. The Kier molecular flexibility index (Phi) is 6.90. The molecule has 2 rings (SSSR count). The minimum absolute atomic E-state index is 0.239. The van der Waals surface area contributed by atoms with Gasteiger partial charge in [-0.2, -0.15) is 26.3 Å². The number of hydrogen-bond donors (Lipinski definition) is 0. The Hall–Kier alpha value is -1.63. The zero-order valence-corrected chi connectivity index (χ0v) is 20.5. The monoisotopic (exact) mass is 476 g/mol. The van der Waals surface area contributed by atoms with E-state index in [1.807, 2.05) is 41.5 Å². The highest BCUT2D eigenvalue weighted by atomic mass is 32.2. The molecule has 7 heteroatoms. The van der Waals surface area contributed by atoms with Crippen LogP contribution in [0.3, 0.4) is 0 Å². The first-order chi connectivity index (χ1) is 14.2. The minimum Gasteiger partial charge on any atom is -0.169 e. The van der Waals surface area contributed by atoms with Crippen molar-refractivity contribution in [2.45, 2.75) is 88.2 Å². The summed E-state index contributed by atoms with van der Waals surface area (Å²) in [5, 5.41) is 0. The molecular formula is C25H30F6S. The third-order valence-electron chi connectivity index (χ3n) is 5.34. The predicted molar refractivity (Wildman–Crippen MR) is 120 cm³/mol. The Morgan fingerprint density at radius 1 is 0.625 bits per heavy atom. The van der Waals surface area contributed by atoms with E-state index in [4.69, 9.17) is 0 Å². The van der Waals surface area contributed by atoms with Crippen LogP contribution in [0.2, 0.25) is 0 Å². The van der Waals surface area contributed by atoms with Crippen molar-refractivity contribution in [2.75, 3.05) is 0 Å². The summed E-state index contributed by atoms with van der Waals surface area (Å²) in [5.74, 6) is 0. The quantitative estimate of drug-likeness (QED) is 0.315. The molecule has 0 heterocycles. The maximum atomic E-state index is 14.5. The first-order valence-corrected chi connectivity index (χ1v) is 11.1. The fourth-order valence-electron chi connectivity index (χ4n) is 4.05. The van der Waals surface area contributed by atoms with Gasteiger partial charge in [-0.25, -0.2) is 0 Å². The molecule has 0 aliphatic heterocycles. The van der Waals surface area contributed by atoms with Crippen molar-refractivity contribution in [1.82, 2.24) is 0 Å². The van der Waals surface area contributed by atoms with Crippen molar-refractivity contribution in [3.05, 3.63) is 64.2 Å². The molecule has 2 aromatic carbocycles. The molecule has 0 radical (unpaired) electrons. The molecule has 0 spiro atoms. The van der Waals surface area contributed by atoms with E-state index < -0.39 is 34.3 Å². The third kappa shape index (κ3) is 4.97. The number of thioether (sulfide) groups is 1. The van der Waals surface area contributed by atoms with Crippen LogP contribution in [0.5, 0.6) is 0 Å². The maximum Gasteiger partial charge on any atom is 0.411 e. The van der Waals surface area contributed by atoms with Gasteiger partial charge in [-0.3, -0.25) is 0 Å². The van der Waals surface area contributed by atoms with E-state index in [0.29, 0.717) is 21.6 Å². The van der Waals surface area contributed by atoms with E-state index in [1.165, 1.54) is 23.9 Å². The van der Waals surface area contributed by atoms with Crippen LogP contribution in [0.4, 0.5) is 26.3 Å². The van der Waals surface area contributed by atoms with Crippen molar-refractivity contribution in [3.8, 4) is 0 Å². The van der Waals surface area contributed by atoms with Crippen LogP contribution < -0.4 is 0 Å². The second-order valence-corrected chi connectivity index (χ2v) is 12.1. The van der Waals surface area contributed by atoms with Crippen molar-refractivity contribution in [3.63, 3.8) is 0 Å². The lowest BCUT2D eigenvalue weighted by molar-refractivity contribution is -0.288. The normalized spacial score (nSPS) is 14.1. The second-order valence-electron chi connectivity index (χ2n) is 10.2. The highest BCUT2D eigenvalue weighted by Crippen LogP contribution is 2.57. The number of hydrogen-bond acceptors (Lipinski definition) is 1. The maximum absolute atomic E-state index is 14.5. The summed E-state index contributed by atoms with van der Waals surface area (Å²) in [6.07, 6.45) is -11.2. The summed E-state index contributed by atoms with van der Waals surface area (Å²) in [6.45, 7) is 14.5. The van der Waals surface area contributed by atoms with E-state index in [1.54, 1.807) is 13.8 Å². The van der Waals surface area contributed by atoms with E-state index in [0.717, 1.165) is 24.3 Å². The number of rotatable bonds is 3. The fourth-order valence-corrected chi connectivity index (χ4v) is 5.06. The zero-order valence-electron chi connectivity index (χ0n) is 19.6. The Morgan fingerprint density at radius 3 is 1.41 bits per heavy atom. The summed E-state index contributed by atoms with van der Waals surface area (Å²) in [4.78, 5) is 0.652. The number of alkyl halides is 6. The molecule has 0 bridgehead atoms. The van der Waals surface area contributed by atoms with E-state index in [-0.39, 0.29) is 4.75 Å². The summed E-state index contributed by atoms with van der Waals surface area (Å²) in [6, 6.07) is 6.75. The van der Waals surface area contributed by atoms with Crippen LogP contribution in [-0.2, 0) is 10.8 Å². The number of halogens is 6. The van der Waals surface area contributed by atoms with Gasteiger partial charge in [0.15, 0.2) is 0 Å². The molecule has 32 heavy (non-hydrogen) atoms. The van der Waals surface area contributed by atoms with Gasteiger partial charge in [0.1, 0.15) is 0 Å². The lowest BCUT2D eigenvalue weighted by Crippen LogP contribution is -2.54. The molecule has 0 saturated carbocycles. The van der Waals surface area contributed by atoms with Crippen LogP contribution in [0, 0.1) is 13.8 Å². The van der Waals surface area contributed by atoms with Gasteiger partial charge in [-0.05, 0) is 53.1 Å². The fraction of sp³-hybridized carbons (Fsp3) is 0.520. The largest absolute Gasteiger partial charge is 0.411 e. The first kappa shape index (κ1) is 26.6. The Bertz CT molecular complexity index is 958. The molecule has 0 amide bonds. The molecule has 0 fully saturated rings. The van der Waals surface area contributed by atoms with Gasteiger partial charge in [0.25, 0.3) is 0 Å². The van der Waals surface area contributed by atoms with Crippen LogP contribution in [-0.4, -0.2) is 17.1 Å². The average molecular weight is 477 g/mol. The SMILES string of the molecule is Cc1cc(C(c2ccc(C(C)(C)C)c(C)c2)(C(F)(F)F)C(F)(F)F)ccc1SC(C)(C)C. The van der Waals surface area contributed by atoms with E-state index in [9.17, 15) is 26.3 Å². The molecule has 178 valence electrons. The van der Waals surface area contributed by atoms with Crippen molar-refractivity contribution in [2.24, 2.45) is 0 Å². The average Bonchev–Trinajstić information content (AvgIpc) is 2.53. The van der Waals surface area contributed by atoms with Gasteiger partial charge in [-0.1, -0.05) is 71.9 Å². The second kappa shape index (κ2) is 8.30. The van der Waals surface area contributed by atoms with Gasteiger partial charge in [0.05, 0.1) is 0 Å². The van der Waals surface area contributed by atoms with Crippen LogP contribution in [0.15, 0.2) is 41.3 Å².